The Bertz CT molecular complexity index is 518. The molecule has 1 aromatic heterocycles. The summed E-state index contributed by atoms with van der Waals surface area (Å²) >= 11 is 0. The van der Waals surface area contributed by atoms with Crippen molar-refractivity contribution in [2.45, 2.75) is 39.8 Å². The van der Waals surface area contributed by atoms with E-state index in [1.54, 1.807) is 6.26 Å². The second-order valence-electron chi connectivity index (χ2n) is 5.28. The summed E-state index contributed by atoms with van der Waals surface area (Å²) < 4.78 is 5.52. The number of anilines is 1. The van der Waals surface area contributed by atoms with Gasteiger partial charge in [0.25, 0.3) is 0 Å². The molecule has 2 aromatic rings. The van der Waals surface area contributed by atoms with Crippen molar-refractivity contribution in [3.63, 3.8) is 0 Å². The maximum atomic E-state index is 5.52. The van der Waals surface area contributed by atoms with Crippen LogP contribution in [-0.4, -0.2) is 18.0 Å². The molecule has 0 saturated carbocycles. The summed E-state index contributed by atoms with van der Waals surface area (Å²) in [7, 11) is 0. The molecule has 21 heavy (non-hydrogen) atoms. The van der Waals surface area contributed by atoms with Crippen molar-refractivity contribution >= 4 is 5.69 Å². The van der Waals surface area contributed by atoms with Gasteiger partial charge in [-0.2, -0.15) is 0 Å². The van der Waals surface area contributed by atoms with E-state index in [4.69, 9.17) is 4.42 Å². The lowest BCUT2D eigenvalue weighted by molar-refractivity contribution is 0.296. The summed E-state index contributed by atoms with van der Waals surface area (Å²) in [5.74, 6) is 0.992. The van der Waals surface area contributed by atoms with Crippen molar-refractivity contribution in [1.29, 1.82) is 0 Å². The van der Waals surface area contributed by atoms with E-state index in [0.717, 1.165) is 37.5 Å². The normalized spacial score (nSPS) is 12.6. The molecule has 0 radical (unpaired) electrons. The van der Waals surface area contributed by atoms with Gasteiger partial charge in [-0.25, -0.2) is 0 Å². The molecule has 1 heterocycles. The van der Waals surface area contributed by atoms with Gasteiger partial charge >= 0.3 is 0 Å². The molecule has 0 spiro atoms. The van der Waals surface area contributed by atoms with Gasteiger partial charge in [-0.1, -0.05) is 32.9 Å². The second kappa shape index (κ2) is 7.89. The van der Waals surface area contributed by atoms with Crippen LogP contribution in [0.1, 0.15) is 44.6 Å². The van der Waals surface area contributed by atoms with E-state index in [2.05, 4.69) is 55.3 Å². The highest BCUT2D eigenvalue weighted by Gasteiger charge is 2.12. The van der Waals surface area contributed by atoms with Crippen LogP contribution in [0.25, 0.3) is 0 Å². The van der Waals surface area contributed by atoms with E-state index in [1.807, 2.05) is 12.1 Å². The molecule has 1 unspecified atom stereocenters. The van der Waals surface area contributed by atoms with Crippen LogP contribution in [0.5, 0.6) is 0 Å². The van der Waals surface area contributed by atoms with Crippen molar-refractivity contribution in [3.8, 4) is 0 Å². The van der Waals surface area contributed by atoms with E-state index >= 15 is 0 Å². The van der Waals surface area contributed by atoms with Crippen LogP contribution >= 0.6 is 0 Å². The predicted octanol–water partition coefficient (Wildman–Crippen LogP) is 4.68. The van der Waals surface area contributed by atoms with E-state index in [-0.39, 0.29) is 6.04 Å². The highest BCUT2D eigenvalue weighted by atomic mass is 16.3. The molecule has 114 valence electrons. The van der Waals surface area contributed by atoms with Crippen molar-refractivity contribution in [2.24, 2.45) is 0 Å². The van der Waals surface area contributed by atoms with Gasteiger partial charge in [-0.05, 0) is 49.3 Å². The van der Waals surface area contributed by atoms with Crippen molar-refractivity contribution in [3.05, 3.63) is 54.0 Å². The van der Waals surface area contributed by atoms with E-state index < -0.39 is 0 Å². The predicted molar refractivity (Wildman–Crippen MR) is 88.4 cm³/mol. The first-order valence-electron chi connectivity index (χ1n) is 7.88. The fourth-order valence-corrected chi connectivity index (χ4v) is 2.53. The Labute approximate surface area is 128 Å². The molecule has 0 aliphatic heterocycles. The first-order valence-corrected chi connectivity index (χ1v) is 7.88. The number of nitrogens with zero attached hydrogens (tertiary/aromatic N) is 1. The molecule has 1 aromatic carbocycles. The lowest BCUT2D eigenvalue weighted by Crippen LogP contribution is -2.22. The molecule has 0 aliphatic rings. The molecule has 0 bridgehead atoms. The van der Waals surface area contributed by atoms with E-state index in [1.165, 1.54) is 5.56 Å². The third-order valence-electron chi connectivity index (χ3n) is 3.86. The third kappa shape index (κ3) is 4.36. The van der Waals surface area contributed by atoms with Gasteiger partial charge in [-0.15, -0.1) is 0 Å². The smallest absolute Gasteiger partial charge is 0.125 e. The number of benzene rings is 1. The van der Waals surface area contributed by atoms with E-state index in [9.17, 15) is 0 Å². The molecular formula is C18H26N2O. The molecule has 0 amide bonds. The minimum Gasteiger partial charge on any atom is -0.467 e. The fourth-order valence-electron chi connectivity index (χ4n) is 2.53. The maximum Gasteiger partial charge on any atom is 0.125 e. The molecule has 3 nitrogen and oxygen atoms in total. The Hall–Kier alpha value is -1.74. The molecular weight excluding hydrogens is 260 g/mol. The molecule has 0 aliphatic carbocycles. The van der Waals surface area contributed by atoms with Crippen molar-refractivity contribution in [1.82, 2.24) is 4.90 Å². The number of nitrogens with one attached hydrogen (secondary N) is 1. The number of furan rings is 1. The molecule has 1 N–H and O–H groups in total. The second-order valence-corrected chi connectivity index (χ2v) is 5.28. The van der Waals surface area contributed by atoms with Crippen LogP contribution in [0, 0.1) is 0 Å². The Morgan fingerprint density at radius 3 is 2.52 bits per heavy atom. The Kier molecular flexibility index (Phi) is 5.88. The summed E-state index contributed by atoms with van der Waals surface area (Å²) in [6.07, 6.45) is 2.73. The summed E-state index contributed by atoms with van der Waals surface area (Å²) in [5, 5.41) is 3.57. The minimum absolute atomic E-state index is 0.226. The quantitative estimate of drug-likeness (QED) is 0.763. The Balaban J connectivity index is 2.06. The Morgan fingerprint density at radius 1 is 1.10 bits per heavy atom. The van der Waals surface area contributed by atoms with Gasteiger partial charge in [0.1, 0.15) is 5.76 Å². The van der Waals surface area contributed by atoms with Crippen molar-refractivity contribution in [2.75, 3.05) is 18.4 Å². The summed E-state index contributed by atoms with van der Waals surface area (Å²) in [6.45, 7) is 9.74. The SMILES string of the molecule is CCC(Nc1cccc(CN(CC)CC)c1)c1ccco1. The van der Waals surface area contributed by atoms with Crippen LogP contribution in [0.15, 0.2) is 47.1 Å². The molecule has 1 atom stereocenters. The first kappa shape index (κ1) is 15.6. The monoisotopic (exact) mass is 286 g/mol. The summed E-state index contributed by atoms with van der Waals surface area (Å²) in [4.78, 5) is 2.42. The number of hydrogen-bond donors (Lipinski definition) is 1. The van der Waals surface area contributed by atoms with Crippen LogP contribution in [0.4, 0.5) is 5.69 Å². The third-order valence-corrected chi connectivity index (χ3v) is 3.86. The molecule has 0 saturated heterocycles. The zero-order valence-corrected chi connectivity index (χ0v) is 13.3. The first-order chi connectivity index (χ1) is 10.3. The Morgan fingerprint density at radius 2 is 1.90 bits per heavy atom. The molecule has 3 heteroatoms. The van der Waals surface area contributed by atoms with Crippen LogP contribution in [0.2, 0.25) is 0 Å². The van der Waals surface area contributed by atoms with Gasteiger partial charge in [0, 0.05) is 12.2 Å². The minimum atomic E-state index is 0.226. The topological polar surface area (TPSA) is 28.4 Å². The highest BCUT2D eigenvalue weighted by Crippen LogP contribution is 2.23. The summed E-state index contributed by atoms with van der Waals surface area (Å²) in [6, 6.07) is 12.9. The van der Waals surface area contributed by atoms with Crippen LogP contribution in [0.3, 0.4) is 0 Å². The van der Waals surface area contributed by atoms with Crippen LogP contribution in [-0.2, 0) is 6.54 Å². The van der Waals surface area contributed by atoms with Crippen molar-refractivity contribution < 1.29 is 4.42 Å². The van der Waals surface area contributed by atoms with E-state index in [0.29, 0.717) is 0 Å². The highest BCUT2D eigenvalue weighted by molar-refractivity contribution is 5.47. The van der Waals surface area contributed by atoms with Gasteiger partial charge in [0.2, 0.25) is 0 Å². The van der Waals surface area contributed by atoms with Gasteiger partial charge in [0.05, 0.1) is 12.3 Å². The standard InChI is InChI=1S/C18H26N2O/c1-4-17(18-11-8-12-21-18)19-16-10-7-9-15(13-16)14-20(5-2)6-3/h7-13,17,19H,4-6,14H2,1-3H3. The molecule has 0 fully saturated rings. The number of hydrogen-bond acceptors (Lipinski definition) is 3. The number of rotatable bonds is 8. The lowest BCUT2D eigenvalue weighted by Gasteiger charge is -2.20. The average molecular weight is 286 g/mol. The largest absolute Gasteiger partial charge is 0.467 e. The van der Waals surface area contributed by atoms with Gasteiger partial charge in [0.15, 0.2) is 0 Å². The maximum absolute atomic E-state index is 5.52. The lowest BCUT2D eigenvalue weighted by atomic mass is 10.1. The average Bonchev–Trinajstić information content (AvgIpc) is 3.05. The zero-order valence-electron chi connectivity index (χ0n) is 13.3. The zero-order chi connectivity index (χ0) is 15.1. The fraction of sp³-hybridized carbons (Fsp3) is 0.444. The summed E-state index contributed by atoms with van der Waals surface area (Å²) in [5.41, 5.74) is 2.50. The van der Waals surface area contributed by atoms with Gasteiger partial charge < -0.3 is 9.73 Å². The van der Waals surface area contributed by atoms with Gasteiger partial charge in [-0.3, -0.25) is 4.90 Å². The molecule has 2 rings (SSSR count). The van der Waals surface area contributed by atoms with Crippen LogP contribution < -0.4 is 5.32 Å².